The summed E-state index contributed by atoms with van der Waals surface area (Å²) in [6, 6.07) is 0. The molecular formula is C16H26N4O6. The van der Waals surface area contributed by atoms with Crippen molar-refractivity contribution in [3.8, 4) is 0 Å². The highest BCUT2D eigenvalue weighted by Gasteiger charge is 2.50. The summed E-state index contributed by atoms with van der Waals surface area (Å²) < 4.78 is 11.6. The lowest BCUT2D eigenvalue weighted by atomic mass is 9.81. The first kappa shape index (κ1) is 19.0. The lowest BCUT2D eigenvalue weighted by Gasteiger charge is -2.40. The number of likely N-dealkylation sites (N-methyl/N-ethyl adjacent to an activating group) is 1. The summed E-state index contributed by atoms with van der Waals surface area (Å²) in [6.07, 6.45) is -0.702. The minimum absolute atomic E-state index is 0.140. The molecule has 0 radical (unpaired) electrons. The van der Waals surface area contributed by atoms with Gasteiger partial charge in [0.2, 0.25) is 0 Å². The summed E-state index contributed by atoms with van der Waals surface area (Å²) >= 11 is 0. The molecule has 3 rings (SSSR count). The van der Waals surface area contributed by atoms with Crippen LogP contribution in [0.5, 0.6) is 0 Å². The van der Waals surface area contributed by atoms with E-state index in [4.69, 9.17) is 9.47 Å². The van der Waals surface area contributed by atoms with Gasteiger partial charge in [0.05, 0.1) is 37.1 Å². The smallest absolute Gasteiger partial charge is 0.334 e. The summed E-state index contributed by atoms with van der Waals surface area (Å²) in [4.78, 5) is 42.7. The molecule has 2 fully saturated rings. The first-order valence-electron chi connectivity index (χ1n) is 8.99. The van der Waals surface area contributed by atoms with Crippen LogP contribution in [0.1, 0.15) is 26.7 Å². The van der Waals surface area contributed by atoms with E-state index in [0.29, 0.717) is 26.1 Å². The zero-order valence-electron chi connectivity index (χ0n) is 15.1. The van der Waals surface area contributed by atoms with Crippen molar-refractivity contribution in [3.05, 3.63) is 31.5 Å². The SMILES string of the molecule is CCN(CC)CC(O)C(CC1CO1)(CC1CO1)n1c(=O)[nH]c(=O)[nH]c1=O. The van der Waals surface area contributed by atoms with E-state index in [-0.39, 0.29) is 18.8 Å². The van der Waals surface area contributed by atoms with Crippen LogP contribution in [-0.4, -0.2) is 75.7 Å². The van der Waals surface area contributed by atoms with Crippen molar-refractivity contribution in [2.24, 2.45) is 0 Å². The lowest BCUT2D eigenvalue weighted by Crippen LogP contribution is -2.61. The van der Waals surface area contributed by atoms with Gasteiger partial charge in [-0.1, -0.05) is 13.8 Å². The molecule has 0 aliphatic carbocycles. The summed E-state index contributed by atoms with van der Waals surface area (Å²) in [6.45, 7) is 6.72. The third-order valence-electron chi connectivity index (χ3n) is 5.21. The fourth-order valence-electron chi connectivity index (χ4n) is 3.58. The van der Waals surface area contributed by atoms with Crippen molar-refractivity contribution in [1.29, 1.82) is 0 Å². The molecule has 3 unspecified atom stereocenters. The molecule has 146 valence electrons. The molecule has 3 atom stereocenters. The first-order chi connectivity index (χ1) is 12.4. The second kappa shape index (κ2) is 7.47. The van der Waals surface area contributed by atoms with Crippen LogP contribution in [-0.2, 0) is 15.0 Å². The van der Waals surface area contributed by atoms with Crippen LogP contribution >= 0.6 is 0 Å². The van der Waals surface area contributed by atoms with Gasteiger partial charge in [-0.05, 0) is 13.1 Å². The zero-order chi connectivity index (χ0) is 18.9. The van der Waals surface area contributed by atoms with Crippen LogP contribution < -0.4 is 17.1 Å². The van der Waals surface area contributed by atoms with Gasteiger partial charge in [0.25, 0.3) is 0 Å². The summed E-state index contributed by atoms with van der Waals surface area (Å²) in [5, 5.41) is 11.2. The lowest BCUT2D eigenvalue weighted by molar-refractivity contribution is -0.0171. The summed E-state index contributed by atoms with van der Waals surface area (Å²) in [5.41, 5.74) is -3.76. The Kier molecular flexibility index (Phi) is 5.47. The molecule has 1 aromatic heterocycles. The highest BCUT2D eigenvalue weighted by Crippen LogP contribution is 2.38. The highest BCUT2D eigenvalue weighted by atomic mass is 16.6. The van der Waals surface area contributed by atoms with E-state index >= 15 is 0 Å². The number of H-pyrrole nitrogens is 2. The largest absolute Gasteiger partial charge is 0.389 e. The van der Waals surface area contributed by atoms with Crippen LogP contribution in [0.2, 0.25) is 0 Å². The number of ether oxygens (including phenoxy) is 2. The van der Waals surface area contributed by atoms with E-state index in [1.165, 1.54) is 0 Å². The monoisotopic (exact) mass is 370 g/mol. The molecular weight excluding hydrogens is 344 g/mol. The van der Waals surface area contributed by atoms with Gasteiger partial charge in [-0.3, -0.25) is 9.97 Å². The summed E-state index contributed by atoms with van der Waals surface area (Å²) in [5.74, 6) is 0. The van der Waals surface area contributed by atoms with Crippen molar-refractivity contribution in [2.45, 2.75) is 50.5 Å². The number of aliphatic hydroxyl groups excluding tert-OH is 1. The van der Waals surface area contributed by atoms with Crippen molar-refractivity contribution >= 4 is 0 Å². The van der Waals surface area contributed by atoms with E-state index < -0.39 is 28.7 Å². The number of nitrogens with zero attached hydrogens (tertiary/aromatic N) is 2. The molecule has 0 saturated carbocycles. The maximum atomic E-state index is 12.5. The number of hydrogen-bond acceptors (Lipinski definition) is 7. The Morgan fingerprint density at radius 2 is 1.58 bits per heavy atom. The number of epoxide rings is 2. The van der Waals surface area contributed by atoms with Gasteiger partial charge >= 0.3 is 17.1 Å². The summed E-state index contributed by atoms with van der Waals surface area (Å²) in [7, 11) is 0. The third kappa shape index (κ3) is 3.98. The molecule has 10 heteroatoms. The molecule has 3 heterocycles. The quantitative estimate of drug-likeness (QED) is 0.413. The molecule has 3 N–H and O–H groups in total. The van der Waals surface area contributed by atoms with Gasteiger partial charge in [-0.2, -0.15) is 0 Å². The third-order valence-corrected chi connectivity index (χ3v) is 5.21. The fourth-order valence-corrected chi connectivity index (χ4v) is 3.58. The Morgan fingerprint density at radius 3 is 1.96 bits per heavy atom. The minimum Gasteiger partial charge on any atom is -0.389 e. The van der Waals surface area contributed by atoms with Gasteiger partial charge in [0, 0.05) is 19.4 Å². The van der Waals surface area contributed by atoms with Gasteiger partial charge in [0.15, 0.2) is 0 Å². The normalized spacial score (nSPS) is 25.1. The van der Waals surface area contributed by atoms with Gasteiger partial charge in [0.1, 0.15) is 0 Å². The molecule has 0 spiro atoms. The average molecular weight is 370 g/mol. The molecule has 0 amide bonds. The van der Waals surface area contributed by atoms with Gasteiger partial charge in [-0.25, -0.2) is 19.0 Å². The highest BCUT2D eigenvalue weighted by molar-refractivity contribution is 5.02. The maximum Gasteiger partial charge on any atom is 0.334 e. The van der Waals surface area contributed by atoms with Crippen LogP contribution in [0.25, 0.3) is 0 Å². The number of aliphatic hydroxyl groups is 1. The van der Waals surface area contributed by atoms with Crippen molar-refractivity contribution in [3.63, 3.8) is 0 Å². The van der Waals surface area contributed by atoms with Crippen LogP contribution in [0, 0.1) is 0 Å². The van der Waals surface area contributed by atoms with E-state index in [1.807, 2.05) is 18.7 Å². The second-order valence-corrected chi connectivity index (χ2v) is 6.95. The molecule has 10 nitrogen and oxygen atoms in total. The molecule has 26 heavy (non-hydrogen) atoms. The molecule has 2 saturated heterocycles. The Morgan fingerprint density at radius 1 is 1.12 bits per heavy atom. The van der Waals surface area contributed by atoms with Crippen molar-refractivity contribution in [1.82, 2.24) is 19.4 Å². The Bertz CT molecular complexity index is 739. The molecule has 2 aliphatic rings. The minimum atomic E-state index is -1.22. The zero-order valence-corrected chi connectivity index (χ0v) is 15.1. The Balaban J connectivity index is 2.08. The Hall–Kier alpha value is -1.75. The average Bonchev–Trinajstić information content (AvgIpc) is 3.48. The molecule has 1 aromatic rings. The fraction of sp³-hybridized carbons (Fsp3) is 0.812. The Labute approximate surface area is 149 Å². The van der Waals surface area contributed by atoms with Crippen molar-refractivity contribution < 1.29 is 14.6 Å². The van der Waals surface area contributed by atoms with Gasteiger partial charge < -0.3 is 19.5 Å². The standard InChI is InChI=1S/C16H26N4O6/c1-3-19(4-2)7-12(21)16(5-10-8-25-10,6-11-9-26-11)20-14(23)17-13(22)18-15(20)24/h10-12,21H,3-9H2,1-2H3,(H2,17,18,22,23,24). The number of aromatic amines is 2. The van der Waals surface area contributed by atoms with Crippen molar-refractivity contribution in [2.75, 3.05) is 32.8 Å². The topological polar surface area (TPSA) is 136 Å². The molecule has 2 aliphatic heterocycles. The molecule has 0 aromatic carbocycles. The van der Waals surface area contributed by atoms with Crippen LogP contribution in [0.4, 0.5) is 0 Å². The maximum absolute atomic E-state index is 12.5. The number of rotatable bonds is 10. The molecule has 0 bridgehead atoms. The van der Waals surface area contributed by atoms with Gasteiger partial charge in [-0.15, -0.1) is 0 Å². The number of hydrogen-bond donors (Lipinski definition) is 3. The van der Waals surface area contributed by atoms with Crippen LogP contribution in [0.15, 0.2) is 14.4 Å². The number of aromatic nitrogens is 3. The first-order valence-corrected chi connectivity index (χ1v) is 8.99. The van der Waals surface area contributed by atoms with E-state index in [1.54, 1.807) is 0 Å². The predicted molar refractivity (Wildman–Crippen MR) is 92.4 cm³/mol. The van der Waals surface area contributed by atoms with E-state index in [9.17, 15) is 19.5 Å². The van der Waals surface area contributed by atoms with Crippen LogP contribution in [0.3, 0.4) is 0 Å². The van der Waals surface area contributed by atoms with E-state index in [0.717, 1.165) is 17.7 Å². The van der Waals surface area contributed by atoms with E-state index in [2.05, 4.69) is 9.97 Å². The predicted octanol–water partition coefficient (Wildman–Crippen LogP) is -1.80. The number of nitrogens with one attached hydrogen (secondary N) is 2. The second-order valence-electron chi connectivity index (χ2n) is 6.95.